The van der Waals surface area contributed by atoms with E-state index in [1.807, 2.05) is 0 Å². The second-order valence-corrected chi connectivity index (χ2v) is 9.54. The van der Waals surface area contributed by atoms with Crippen LogP contribution >= 0.6 is 0 Å². The van der Waals surface area contributed by atoms with Gasteiger partial charge >= 0.3 is 0 Å². The topological polar surface area (TPSA) is 29.3 Å². The minimum absolute atomic E-state index is 0.209. The van der Waals surface area contributed by atoms with Crippen molar-refractivity contribution in [2.45, 2.75) is 97.1 Å². The largest absolute Gasteiger partial charge is 0.329 e. The van der Waals surface area contributed by atoms with E-state index >= 15 is 0 Å². The highest BCUT2D eigenvalue weighted by Gasteiger charge is 2.49. The van der Waals surface area contributed by atoms with E-state index in [1.54, 1.807) is 0 Å². The van der Waals surface area contributed by atoms with Gasteiger partial charge < -0.3 is 5.73 Å². The molecule has 0 heterocycles. The summed E-state index contributed by atoms with van der Waals surface area (Å²) in [5, 5.41) is 0. The zero-order valence-electron chi connectivity index (χ0n) is 15.2. The van der Waals surface area contributed by atoms with Gasteiger partial charge in [-0.05, 0) is 50.0 Å². The Morgan fingerprint density at radius 3 is 1.76 bits per heavy atom. The predicted molar refractivity (Wildman–Crippen MR) is 92.5 cm³/mol. The van der Waals surface area contributed by atoms with Crippen molar-refractivity contribution in [3.63, 3.8) is 0 Å². The Kier molecular flexibility index (Phi) is 5.10. The fraction of sp³-hybridized carbons (Fsp3) is 1.00. The van der Waals surface area contributed by atoms with Gasteiger partial charge in [-0.2, -0.15) is 0 Å². The molecule has 0 aromatic heterocycles. The molecular formula is C19H38N2. The van der Waals surface area contributed by atoms with Crippen LogP contribution in [0.4, 0.5) is 0 Å². The van der Waals surface area contributed by atoms with E-state index < -0.39 is 0 Å². The Morgan fingerprint density at radius 2 is 1.33 bits per heavy atom. The zero-order valence-corrected chi connectivity index (χ0v) is 15.2. The highest BCUT2D eigenvalue weighted by atomic mass is 15.2. The van der Waals surface area contributed by atoms with Crippen LogP contribution in [0.1, 0.15) is 85.5 Å². The fourth-order valence-corrected chi connectivity index (χ4v) is 5.83. The summed E-state index contributed by atoms with van der Waals surface area (Å²) in [6, 6.07) is 0.751. The molecule has 2 saturated carbocycles. The summed E-state index contributed by atoms with van der Waals surface area (Å²) in [5.74, 6) is 0. The van der Waals surface area contributed by atoms with Crippen LogP contribution in [-0.2, 0) is 0 Å². The Bertz CT molecular complexity index is 321. The molecule has 2 N–H and O–H groups in total. The third-order valence-corrected chi connectivity index (χ3v) is 6.07. The summed E-state index contributed by atoms with van der Waals surface area (Å²) >= 11 is 0. The van der Waals surface area contributed by atoms with Gasteiger partial charge in [0.2, 0.25) is 0 Å². The molecule has 2 fully saturated rings. The first-order valence-electron chi connectivity index (χ1n) is 9.13. The molecule has 2 aliphatic carbocycles. The number of rotatable bonds is 3. The Balaban J connectivity index is 2.22. The molecule has 21 heavy (non-hydrogen) atoms. The molecule has 0 aromatic rings. The van der Waals surface area contributed by atoms with E-state index in [4.69, 9.17) is 5.73 Å². The molecule has 0 aromatic carbocycles. The van der Waals surface area contributed by atoms with Crippen LogP contribution < -0.4 is 5.73 Å². The molecule has 0 spiro atoms. The monoisotopic (exact) mass is 294 g/mol. The number of hydrogen-bond acceptors (Lipinski definition) is 2. The fourth-order valence-electron chi connectivity index (χ4n) is 5.83. The van der Waals surface area contributed by atoms with E-state index in [2.05, 4.69) is 39.6 Å². The van der Waals surface area contributed by atoms with Gasteiger partial charge in [-0.1, -0.05) is 53.4 Å². The van der Waals surface area contributed by atoms with Gasteiger partial charge in [0.1, 0.15) is 0 Å². The highest BCUT2D eigenvalue weighted by molar-refractivity contribution is 5.05. The molecule has 2 rings (SSSR count). The quantitative estimate of drug-likeness (QED) is 0.772. The van der Waals surface area contributed by atoms with Crippen LogP contribution in [0.5, 0.6) is 0 Å². The van der Waals surface area contributed by atoms with E-state index in [1.165, 1.54) is 57.8 Å². The summed E-state index contributed by atoms with van der Waals surface area (Å²) in [6.07, 6.45) is 12.2. The lowest BCUT2D eigenvalue weighted by Crippen LogP contribution is -2.62. The number of hydrogen-bond donors (Lipinski definition) is 1. The van der Waals surface area contributed by atoms with Gasteiger partial charge in [0, 0.05) is 18.1 Å². The van der Waals surface area contributed by atoms with Gasteiger partial charge in [0.05, 0.1) is 0 Å². The van der Waals surface area contributed by atoms with Gasteiger partial charge in [0.15, 0.2) is 0 Å². The summed E-state index contributed by atoms with van der Waals surface area (Å²) < 4.78 is 0. The Morgan fingerprint density at radius 1 is 0.857 bits per heavy atom. The lowest BCUT2D eigenvalue weighted by Gasteiger charge is -2.57. The van der Waals surface area contributed by atoms with E-state index in [0.29, 0.717) is 10.8 Å². The smallest absolute Gasteiger partial charge is 0.0341 e. The van der Waals surface area contributed by atoms with Crippen molar-refractivity contribution >= 4 is 0 Å². The van der Waals surface area contributed by atoms with Crippen LogP contribution in [0, 0.1) is 10.8 Å². The molecular weight excluding hydrogens is 256 g/mol. The SMILES string of the molecule is CN(C1CCCCCC1)C1(CN)CC(C)(C)CC(C)(C)C1. The molecule has 0 atom stereocenters. The third kappa shape index (κ3) is 4.01. The number of likely N-dealkylation sites (N-methyl/N-ethyl adjacent to an activating group) is 1. The van der Waals surface area contributed by atoms with Crippen molar-refractivity contribution in [2.75, 3.05) is 13.6 Å². The van der Waals surface area contributed by atoms with Crippen molar-refractivity contribution in [2.24, 2.45) is 16.6 Å². The number of nitrogens with two attached hydrogens (primary N) is 1. The second kappa shape index (κ2) is 6.20. The first-order chi connectivity index (χ1) is 9.70. The molecule has 0 radical (unpaired) electrons. The van der Waals surface area contributed by atoms with Gasteiger partial charge in [-0.15, -0.1) is 0 Å². The van der Waals surface area contributed by atoms with Crippen molar-refractivity contribution < 1.29 is 0 Å². The molecule has 0 unspecified atom stereocenters. The molecule has 2 nitrogen and oxygen atoms in total. The van der Waals surface area contributed by atoms with Crippen LogP contribution in [0.25, 0.3) is 0 Å². The zero-order chi connectivity index (χ0) is 15.7. The third-order valence-electron chi connectivity index (χ3n) is 6.07. The van der Waals surface area contributed by atoms with Gasteiger partial charge in [-0.3, -0.25) is 4.90 Å². The van der Waals surface area contributed by atoms with E-state index in [9.17, 15) is 0 Å². The molecule has 0 saturated heterocycles. The maximum atomic E-state index is 6.39. The average Bonchev–Trinajstić information content (AvgIpc) is 2.62. The molecule has 0 aliphatic heterocycles. The van der Waals surface area contributed by atoms with Crippen LogP contribution in [0.3, 0.4) is 0 Å². The maximum Gasteiger partial charge on any atom is 0.0341 e. The summed E-state index contributed by atoms with van der Waals surface area (Å²) in [7, 11) is 2.38. The van der Waals surface area contributed by atoms with Crippen molar-refractivity contribution in [1.29, 1.82) is 0 Å². The summed E-state index contributed by atoms with van der Waals surface area (Å²) in [6.45, 7) is 10.6. The van der Waals surface area contributed by atoms with Gasteiger partial charge in [0.25, 0.3) is 0 Å². The Labute approximate surface area is 132 Å². The Hall–Kier alpha value is -0.0800. The lowest BCUT2D eigenvalue weighted by molar-refractivity contribution is -0.0522. The summed E-state index contributed by atoms with van der Waals surface area (Å²) in [5.41, 5.74) is 7.40. The van der Waals surface area contributed by atoms with Crippen molar-refractivity contribution in [3.8, 4) is 0 Å². The predicted octanol–water partition coefficient (Wildman–Crippen LogP) is 4.57. The van der Waals surface area contributed by atoms with Crippen molar-refractivity contribution in [3.05, 3.63) is 0 Å². The number of nitrogens with zero attached hydrogens (tertiary/aromatic N) is 1. The summed E-state index contributed by atoms with van der Waals surface area (Å²) in [4.78, 5) is 2.72. The van der Waals surface area contributed by atoms with Crippen LogP contribution in [0.2, 0.25) is 0 Å². The van der Waals surface area contributed by atoms with E-state index in [-0.39, 0.29) is 5.54 Å². The normalized spacial score (nSPS) is 29.3. The lowest BCUT2D eigenvalue weighted by atomic mass is 9.57. The van der Waals surface area contributed by atoms with Crippen LogP contribution in [-0.4, -0.2) is 30.1 Å². The molecule has 0 bridgehead atoms. The average molecular weight is 295 g/mol. The van der Waals surface area contributed by atoms with Crippen LogP contribution in [0.15, 0.2) is 0 Å². The minimum Gasteiger partial charge on any atom is -0.329 e. The minimum atomic E-state index is 0.209. The first kappa shape index (κ1) is 17.3. The van der Waals surface area contributed by atoms with Gasteiger partial charge in [-0.25, -0.2) is 0 Å². The highest BCUT2D eigenvalue weighted by Crippen LogP contribution is 2.52. The molecule has 124 valence electrons. The second-order valence-electron chi connectivity index (χ2n) is 9.54. The maximum absolute atomic E-state index is 6.39. The van der Waals surface area contributed by atoms with E-state index in [0.717, 1.165) is 12.6 Å². The molecule has 2 aliphatic rings. The first-order valence-corrected chi connectivity index (χ1v) is 9.13. The standard InChI is InChI=1S/C19H38N2/c1-17(2)12-18(3,4)14-19(13-17,15-20)21(5)16-10-8-6-7-9-11-16/h16H,6-15,20H2,1-5H3. The van der Waals surface area contributed by atoms with Crippen molar-refractivity contribution in [1.82, 2.24) is 4.90 Å². The molecule has 2 heteroatoms. The molecule has 0 amide bonds.